The van der Waals surface area contributed by atoms with Crippen LogP contribution in [0.25, 0.3) is 0 Å². The number of likely N-dealkylation sites (tertiary alicyclic amines) is 1. The van der Waals surface area contributed by atoms with E-state index in [1.54, 1.807) is 14.2 Å². The van der Waals surface area contributed by atoms with Crippen molar-refractivity contribution in [2.24, 2.45) is 0 Å². The van der Waals surface area contributed by atoms with E-state index in [-0.39, 0.29) is 0 Å². The predicted molar refractivity (Wildman–Crippen MR) is 100 cm³/mol. The van der Waals surface area contributed by atoms with Crippen LogP contribution < -0.4 is 9.47 Å². The summed E-state index contributed by atoms with van der Waals surface area (Å²) in [6, 6.07) is 11.2. The van der Waals surface area contributed by atoms with Gasteiger partial charge in [-0.1, -0.05) is 25.0 Å². The molecule has 1 aliphatic heterocycles. The summed E-state index contributed by atoms with van der Waals surface area (Å²) in [5.41, 5.74) is 1.21. The highest BCUT2D eigenvalue weighted by Crippen LogP contribution is 2.38. The molecule has 4 heteroatoms. The Labute approximate surface area is 149 Å². The molecule has 1 atom stereocenters. The van der Waals surface area contributed by atoms with Gasteiger partial charge < -0.3 is 9.47 Å². The maximum atomic E-state index is 5.64. The maximum absolute atomic E-state index is 5.64. The Kier molecular flexibility index (Phi) is 5.80. The minimum absolute atomic E-state index is 0.516. The lowest BCUT2D eigenvalue weighted by Crippen LogP contribution is -2.27. The van der Waals surface area contributed by atoms with E-state index in [0.29, 0.717) is 6.04 Å². The van der Waals surface area contributed by atoms with Crippen LogP contribution in [0.3, 0.4) is 0 Å². The van der Waals surface area contributed by atoms with Gasteiger partial charge in [0.2, 0.25) is 0 Å². The molecule has 130 valence electrons. The first-order valence-electron chi connectivity index (χ1n) is 8.73. The van der Waals surface area contributed by atoms with Gasteiger partial charge in [0.25, 0.3) is 0 Å². The number of hydrogen-bond acceptors (Lipinski definition) is 4. The number of methoxy groups -OCH3 is 2. The SMILES string of the molecule is COc1cccc(CN2CCCCCC2c2ccc(C)s2)c1OC. The van der Waals surface area contributed by atoms with Crippen LogP contribution in [0.4, 0.5) is 0 Å². The van der Waals surface area contributed by atoms with Crippen molar-refractivity contribution in [1.82, 2.24) is 4.90 Å². The van der Waals surface area contributed by atoms with Crippen molar-refractivity contribution >= 4 is 11.3 Å². The Hall–Kier alpha value is -1.52. The minimum atomic E-state index is 0.516. The van der Waals surface area contributed by atoms with Crippen LogP contribution >= 0.6 is 11.3 Å². The quantitative estimate of drug-likeness (QED) is 0.744. The summed E-state index contributed by atoms with van der Waals surface area (Å²) < 4.78 is 11.1. The lowest BCUT2D eigenvalue weighted by Gasteiger charge is -2.30. The Balaban J connectivity index is 1.88. The van der Waals surface area contributed by atoms with Crippen molar-refractivity contribution < 1.29 is 9.47 Å². The number of ether oxygens (including phenoxy) is 2. The first kappa shape index (κ1) is 17.3. The van der Waals surface area contributed by atoms with Crippen LogP contribution in [0, 0.1) is 6.92 Å². The summed E-state index contributed by atoms with van der Waals surface area (Å²) in [6.07, 6.45) is 5.15. The van der Waals surface area contributed by atoms with Crippen molar-refractivity contribution in [3.05, 3.63) is 45.6 Å². The van der Waals surface area contributed by atoms with Crippen molar-refractivity contribution in [3.8, 4) is 11.5 Å². The lowest BCUT2D eigenvalue weighted by molar-refractivity contribution is 0.192. The largest absolute Gasteiger partial charge is 0.493 e. The van der Waals surface area contributed by atoms with E-state index in [2.05, 4.69) is 36.1 Å². The first-order valence-corrected chi connectivity index (χ1v) is 9.55. The molecule has 0 spiro atoms. The summed E-state index contributed by atoms with van der Waals surface area (Å²) >= 11 is 1.94. The molecule has 0 amide bonds. The van der Waals surface area contributed by atoms with E-state index in [9.17, 15) is 0 Å². The van der Waals surface area contributed by atoms with Crippen molar-refractivity contribution in [2.75, 3.05) is 20.8 Å². The first-order chi connectivity index (χ1) is 11.7. The third kappa shape index (κ3) is 3.76. The van der Waals surface area contributed by atoms with E-state index < -0.39 is 0 Å². The number of nitrogens with zero attached hydrogens (tertiary/aromatic N) is 1. The molecule has 0 bridgehead atoms. The van der Waals surface area contributed by atoms with E-state index in [4.69, 9.17) is 9.47 Å². The molecule has 1 unspecified atom stereocenters. The van der Waals surface area contributed by atoms with E-state index in [0.717, 1.165) is 24.6 Å². The molecule has 2 heterocycles. The number of thiophene rings is 1. The second-order valence-electron chi connectivity index (χ2n) is 6.44. The van der Waals surface area contributed by atoms with Crippen LogP contribution in [0.15, 0.2) is 30.3 Å². The molecule has 1 aliphatic rings. The topological polar surface area (TPSA) is 21.7 Å². The average Bonchev–Trinajstić information content (AvgIpc) is 2.89. The van der Waals surface area contributed by atoms with Gasteiger partial charge in [0.05, 0.1) is 14.2 Å². The second-order valence-corrected chi connectivity index (χ2v) is 7.76. The Morgan fingerprint density at radius 1 is 1.08 bits per heavy atom. The van der Waals surface area contributed by atoms with Crippen LogP contribution in [0.1, 0.15) is 47.0 Å². The smallest absolute Gasteiger partial charge is 0.165 e. The second kappa shape index (κ2) is 8.04. The number of hydrogen-bond donors (Lipinski definition) is 0. The summed E-state index contributed by atoms with van der Waals surface area (Å²) in [4.78, 5) is 5.51. The van der Waals surface area contributed by atoms with Gasteiger partial charge in [-0.15, -0.1) is 11.3 Å². The van der Waals surface area contributed by atoms with E-state index in [1.807, 2.05) is 17.4 Å². The van der Waals surface area contributed by atoms with Gasteiger partial charge in [-0.3, -0.25) is 4.90 Å². The number of rotatable bonds is 5. The minimum Gasteiger partial charge on any atom is -0.493 e. The highest BCUT2D eigenvalue weighted by Gasteiger charge is 2.25. The number of aryl methyl sites for hydroxylation is 1. The third-order valence-corrected chi connectivity index (χ3v) is 5.91. The summed E-state index contributed by atoms with van der Waals surface area (Å²) in [5.74, 6) is 1.68. The molecule has 2 aromatic rings. The summed E-state index contributed by atoms with van der Waals surface area (Å²) in [7, 11) is 3.43. The lowest BCUT2D eigenvalue weighted by atomic mass is 10.1. The Morgan fingerprint density at radius 3 is 2.67 bits per heavy atom. The van der Waals surface area contributed by atoms with Gasteiger partial charge in [-0.2, -0.15) is 0 Å². The maximum Gasteiger partial charge on any atom is 0.165 e. The fourth-order valence-electron chi connectivity index (χ4n) is 3.61. The third-order valence-electron chi connectivity index (χ3n) is 4.81. The van der Waals surface area contributed by atoms with Gasteiger partial charge in [-0.25, -0.2) is 0 Å². The normalized spacial score (nSPS) is 19.0. The monoisotopic (exact) mass is 345 g/mol. The van der Waals surface area contributed by atoms with Crippen LogP contribution in [-0.4, -0.2) is 25.7 Å². The van der Waals surface area contributed by atoms with Crippen LogP contribution in [0.2, 0.25) is 0 Å². The summed E-state index contributed by atoms with van der Waals surface area (Å²) in [6.45, 7) is 4.24. The molecule has 3 nitrogen and oxygen atoms in total. The fraction of sp³-hybridized carbons (Fsp3) is 0.500. The average molecular weight is 346 g/mol. The van der Waals surface area contributed by atoms with Gasteiger partial charge in [-0.05, 0) is 44.5 Å². The molecular weight excluding hydrogens is 318 g/mol. The molecule has 3 rings (SSSR count). The van der Waals surface area contributed by atoms with Crippen molar-refractivity contribution in [1.29, 1.82) is 0 Å². The molecule has 1 aromatic carbocycles. The standard InChI is InChI=1S/C20H27NO2S/c1-15-11-12-19(24-15)17-9-5-4-6-13-21(17)14-16-8-7-10-18(22-2)20(16)23-3/h7-8,10-12,17H,4-6,9,13-14H2,1-3H3. The Morgan fingerprint density at radius 2 is 1.96 bits per heavy atom. The zero-order valence-corrected chi connectivity index (χ0v) is 15.7. The highest BCUT2D eigenvalue weighted by molar-refractivity contribution is 7.12. The highest BCUT2D eigenvalue weighted by atomic mass is 32.1. The van der Waals surface area contributed by atoms with Gasteiger partial charge in [0.15, 0.2) is 11.5 Å². The predicted octanol–water partition coefficient (Wildman–Crippen LogP) is 5.19. The van der Waals surface area contributed by atoms with Gasteiger partial charge >= 0.3 is 0 Å². The fourth-order valence-corrected chi connectivity index (χ4v) is 4.66. The molecule has 0 aliphatic carbocycles. The van der Waals surface area contributed by atoms with Gasteiger partial charge in [0, 0.05) is 27.9 Å². The molecule has 1 fully saturated rings. The number of para-hydroxylation sites is 1. The summed E-state index contributed by atoms with van der Waals surface area (Å²) in [5, 5.41) is 0. The van der Waals surface area contributed by atoms with Crippen molar-refractivity contribution in [2.45, 2.75) is 45.2 Å². The van der Waals surface area contributed by atoms with Gasteiger partial charge in [0.1, 0.15) is 0 Å². The Bertz CT molecular complexity index is 667. The van der Waals surface area contributed by atoms with E-state index >= 15 is 0 Å². The van der Waals surface area contributed by atoms with Crippen molar-refractivity contribution in [3.63, 3.8) is 0 Å². The molecule has 0 saturated carbocycles. The number of benzene rings is 1. The van der Waals surface area contributed by atoms with E-state index in [1.165, 1.54) is 41.0 Å². The van der Waals surface area contributed by atoms with Crippen LogP contribution in [0.5, 0.6) is 11.5 Å². The molecule has 1 aromatic heterocycles. The molecule has 24 heavy (non-hydrogen) atoms. The zero-order valence-electron chi connectivity index (χ0n) is 14.9. The molecule has 1 saturated heterocycles. The molecule has 0 N–H and O–H groups in total. The molecular formula is C20H27NO2S. The molecule has 0 radical (unpaired) electrons. The zero-order chi connectivity index (χ0) is 16.9. The van der Waals surface area contributed by atoms with Crippen LogP contribution in [-0.2, 0) is 6.54 Å².